The highest BCUT2D eigenvalue weighted by atomic mass is 35.5. The van der Waals surface area contributed by atoms with Gasteiger partial charge in [-0.2, -0.15) is 0 Å². The van der Waals surface area contributed by atoms with Gasteiger partial charge in [0.25, 0.3) is 0 Å². The molecule has 0 aromatic heterocycles. The first-order valence-corrected chi connectivity index (χ1v) is 6.56. The monoisotopic (exact) mass is 255 g/mol. The smallest absolute Gasteiger partial charge is 0.125 e. The van der Waals surface area contributed by atoms with Gasteiger partial charge < -0.3 is 10.1 Å². The van der Waals surface area contributed by atoms with Crippen molar-refractivity contribution in [3.05, 3.63) is 28.3 Å². The summed E-state index contributed by atoms with van der Waals surface area (Å²) in [6.07, 6.45) is 1.31. The lowest BCUT2D eigenvalue weighted by Crippen LogP contribution is -2.29. The second-order valence-electron chi connectivity index (χ2n) is 4.50. The lowest BCUT2D eigenvalue weighted by molar-refractivity contribution is 0.214. The van der Waals surface area contributed by atoms with E-state index in [2.05, 4.69) is 19.2 Å². The molecule has 0 aliphatic heterocycles. The molecule has 2 nitrogen and oxygen atoms in total. The minimum atomic E-state index is 0.167. The van der Waals surface area contributed by atoms with Crippen molar-refractivity contribution >= 4 is 11.6 Å². The predicted octanol–water partition coefficient (Wildman–Crippen LogP) is 3.72. The van der Waals surface area contributed by atoms with Gasteiger partial charge in [-0.25, -0.2) is 0 Å². The maximum Gasteiger partial charge on any atom is 0.125 e. The molecule has 1 atom stereocenters. The maximum atomic E-state index is 5.99. The molecule has 0 heterocycles. The van der Waals surface area contributed by atoms with E-state index in [4.69, 9.17) is 16.3 Å². The molecule has 1 N–H and O–H groups in total. The molecule has 1 rings (SSSR count). The highest BCUT2D eigenvalue weighted by Crippen LogP contribution is 2.27. The van der Waals surface area contributed by atoms with Crippen molar-refractivity contribution in [1.29, 1.82) is 0 Å². The first-order valence-electron chi connectivity index (χ1n) is 6.18. The molecule has 0 bridgehead atoms. The van der Waals surface area contributed by atoms with Crippen LogP contribution in [0.1, 0.15) is 31.4 Å². The van der Waals surface area contributed by atoms with Gasteiger partial charge in [-0.15, -0.1) is 0 Å². The quantitative estimate of drug-likeness (QED) is 0.783. The molecule has 0 fully saturated rings. The Morgan fingerprint density at radius 2 is 1.88 bits per heavy atom. The largest absolute Gasteiger partial charge is 0.489 e. The number of benzene rings is 1. The molecule has 0 aliphatic carbocycles. The van der Waals surface area contributed by atoms with Gasteiger partial charge in [0.05, 0.1) is 0 Å². The minimum absolute atomic E-state index is 0.167. The van der Waals surface area contributed by atoms with Crippen LogP contribution in [0.2, 0.25) is 5.02 Å². The Balaban J connectivity index is 2.61. The summed E-state index contributed by atoms with van der Waals surface area (Å²) in [5.74, 6) is 0.959. The van der Waals surface area contributed by atoms with Crippen LogP contribution in [0.4, 0.5) is 0 Å². The zero-order valence-corrected chi connectivity index (χ0v) is 11.9. The standard InChI is InChI=1S/C14H22ClNO/c1-5-6-16-9-12(4)17-14-10(2)7-13(15)8-11(14)3/h7-8,12,16H,5-6,9H2,1-4H3. The second-order valence-corrected chi connectivity index (χ2v) is 4.94. The number of nitrogens with one attached hydrogen (secondary N) is 1. The molecule has 1 unspecified atom stereocenters. The second kappa shape index (κ2) is 6.87. The van der Waals surface area contributed by atoms with Crippen LogP contribution in [-0.4, -0.2) is 19.2 Å². The van der Waals surface area contributed by atoms with Crippen LogP contribution < -0.4 is 10.1 Å². The van der Waals surface area contributed by atoms with Crippen molar-refractivity contribution in [3.8, 4) is 5.75 Å². The first kappa shape index (κ1) is 14.3. The van der Waals surface area contributed by atoms with Gasteiger partial charge in [0.2, 0.25) is 0 Å². The molecular weight excluding hydrogens is 234 g/mol. The third kappa shape index (κ3) is 4.57. The summed E-state index contributed by atoms with van der Waals surface area (Å²) in [6.45, 7) is 10.2. The minimum Gasteiger partial charge on any atom is -0.489 e. The Kier molecular flexibility index (Phi) is 5.79. The van der Waals surface area contributed by atoms with E-state index in [9.17, 15) is 0 Å². The van der Waals surface area contributed by atoms with Crippen molar-refractivity contribution in [1.82, 2.24) is 5.32 Å². The normalized spacial score (nSPS) is 12.5. The van der Waals surface area contributed by atoms with Crippen LogP contribution in [0.25, 0.3) is 0 Å². The number of ether oxygens (including phenoxy) is 1. The lowest BCUT2D eigenvalue weighted by Gasteiger charge is -2.19. The maximum absolute atomic E-state index is 5.99. The highest BCUT2D eigenvalue weighted by Gasteiger charge is 2.09. The van der Waals surface area contributed by atoms with E-state index in [1.807, 2.05) is 26.0 Å². The highest BCUT2D eigenvalue weighted by molar-refractivity contribution is 6.30. The van der Waals surface area contributed by atoms with Gasteiger partial charge in [0.1, 0.15) is 11.9 Å². The third-order valence-electron chi connectivity index (χ3n) is 2.60. The SMILES string of the molecule is CCCNCC(C)Oc1c(C)cc(Cl)cc1C. The van der Waals surface area contributed by atoms with E-state index in [-0.39, 0.29) is 6.10 Å². The molecular formula is C14H22ClNO. The molecule has 1 aromatic rings. The van der Waals surface area contributed by atoms with Crippen LogP contribution in [0, 0.1) is 13.8 Å². The molecule has 96 valence electrons. The summed E-state index contributed by atoms with van der Waals surface area (Å²) in [4.78, 5) is 0. The number of aryl methyl sites for hydroxylation is 2. The Hall–Kier alpha value is -0.730. The number of rotatable bonds is 6. The zero-order valence-electron chi connectivity index (χ0n) is 11.1. The molecule has 0 radical (unpaired) electrons. The van der Waals surface area contributed by atoms with Crippen molar-refractivity contribution in [2.24, 2.45) is 0 Å². The molecule has 17 heavy (non-hydrogen) atoms. The lowest BCUT2D eigenvalue weighted by atomic mass is 10.1. The van der Waals surface area contributed by atoms with Crippen LogP contribution in [0.15, 0.2) is 12.1 Å². The molecule has 0 saturated heterocycles. The fourth-order valence-corrected chi connectivity index (χ4v) is 2.14. The molecule has 0 amide bonds. The average Bonchev–Trinajstić information content (AvgIpc) is 2.24. The van der Waals surface area contributed by atoms with Crippen molar-refractivity contribution in [2.75, 3.05) is 13.1 Å². The molecule has 0 saturated carbocycles. The fourth-order valence-electron chi connectivity index (χ4n) is 1.81. The van der Waals surface area contributed by atoms with Gasteiger partial charge in [0, 0.05) is 11.6 Å². The van der Waals surface area contributed by atoms with Gasteiger partial charge in [-0.05, 0) is 57.0 Å². The van der Waals surface area contributed by atoms with Crippen molar-refractivity contribution in [2.45, 2.75) is 40.2 Å². The van der Waals surface area contributed by atoms with E-state index >= 15 is 0 Å². The Morgan fingerprint density at radius 3 is 2.41 bits per heavy atom. The average molecular weight is 256 g/mol. The summed E-state index contributed by atoms with van der Waals surface area (Å²) in [5, 5.41) is 4.12. The first-order chi connectivity index (χ1) is 8.04. The van der Waals surface area contributed by atoms with Crippen molar-refractivity contribution < 1.29 is 4.74 Å². The van der Waals surface area contributed by atoms with Crippen LogP contribution in [0.5, 0.6) is 5.75 Å². The number of hydrogen-bond acceptors (Lipinski definition) is 2. The van der Waals surface area contributed by atoms with E-state index < -0.39 is 0 Å². The summed E-state index contributed by atoms with van der Waals surface area (Å²) in [7, 11) is 0. The molecule has 1 aromatic carbocycles. The third-order valence-corrected chi connectivity index (χ3v) is 2.82. The van der Waals surface area contributed by atoms with Crippen molar-refractivity contribution in [3.63, 3.8) is 0 Å². The Bertz CT molecular complexity index is 342. The van der Waals surface area contributed by atoms with E-state index in [0.29, 0.717) is 0 Å². The molecule has 0 spiro atoms. The molecule has 3 heteroatoms. The van der Waals surface area contributed by atoms with Crippen LogP contribution >= 0.6 is 11.6 Å². The summed E-state index contributed by atoms with van der Waals surface area (Å²) >= 11 is 5.99. The summed E-state index contributed by atoms with van der Waals surface area (Å²) < 4.78 is 5.96. The Labute approximate surface area is 109 Å². The number of halogens is 1. The van der Waals surface area contributed by atoms with E-state index in [1.54, 1.807) is 0 Å². The van der Waals surface area contributed by atoms with E-state index in [0.717, 1.165) is 41.4 Å². The van der Waals surface area contributed by atoms with Gasteiger partial charge in [0.15, 0.2) is 0 Å². The van der Waals surface area contributed by atoms with Crippen LogP contribution in [-0.2, 0) is 0 Å². The van der Waals surface area contributed by atoms with E-state index in [1.165, 1.54) is 0 Å². The van der Waals surface area contributed by atoms with Gasteiger partial charge >= 0.3 is 0 Å². The fraction of sp³-hybridized carbons (Fsp3) is 0.571. The molecule has 0 aliphatic rings. The number of hydrogen-bond donors (Lipinski definition) is 1. The summed E-state index contributed by atoms with van der Waals surface area (Å²) in [5.41, 5.74) is 2.19. The summed E-state index contributed by atoms with van der Waals surface area (Å²) in [6, 6.07) is 3.88. The van der Waals surface area contributed by atoms with Gasteiger partial charge in [-0.1, -0.05) is 18.5 Å². The topological polar surface area (TPSA) is 21.3 Å². The van der Waals surface area contributed by atoms with Gasteiger partial charge in [-0.3, -0.25) is 0 Å². The van der Waals surface area contributed by atoms with Crippen LogP contribution in [0.3, 0.4) is 0 Å². The predicted molar refractivity (Wildman–Crippen MR) is 74.2 cm³/mol. The zero-order chi connectivity index (χ0) is 12.8. The Morgan fingerprint density at radius 1 is 1.29 bits per heavy atom.